The molecular formula is C16H23BrN2O. The summed E-state index contributed by atoms with van der Waals surface area (Å²) < 4.78 is 1.06. The molecule has 1 aromatic carbocycles. The number of nitrogens with two attached hydrogens (primary N) is 1. The van der Waals surface area contributed by atoms with Crippen molar-refractivity contribution in [3.8, 4) is 0 Å². The minimum Gasteiger partial charge on any atom is -0.352 e. The van der Waals surface area contributed by atoms with Crippen molar-refractivity contribution < 1.29 is 4.79 Å². The first-order valence-electron chi connectivity index (χ1n) is 7.22. The van der Waals surface area contributed by atoms with Gasteiger partial charge in [0.15, 0.2) is 0 Å². The minimum absolute atomic E-state index is 0.0630. The van der Waals surface area contributed by atoms with E-state index < -0.39 is 0 Å². The SMILES string of the molecule is Cc1cc(Br)ccc1CNC(=O)C1CCCCC1(C)N. The van der Waals surface area contributed by atoms with Crippen LogP contribution in [0.1, 0.15) is 43.7 Å². The van der Waals surface area contributed by atoms with Gasteiger partial charge in [0.05, 0.1) is 5.92 Å². The van der Waals surface area contributed by atoms with Gasteiger partial charge in [0, 0.05) is 16.6 Å². The third-order valence-corrected chi connectivity index (χ3v) is 4.82. The number of nitrogens with one attached hydrogen (secondary N) is 1. The fourth-order valence-corrected chi connectivity index (χ4v) is 3.43. The number of aryl methyl sites for hydroxylation is 1. The number of hydrogen-bond donors (Lipinski definition) is 2. The van der Waals surface area contributed by atoms with Crippen molar-refractivity contribution in [1.29, 1.82) is 0 Å². The van der Waals surface area contributed by atoms with Crippen LogP contribution in [0.15, 0.2) is 22.7 Å². The number of carbonyl (C=O) groups excluding carboxylic acids is 1. The summed E-state index contributed by atoms with van der Waals surface area (Å²) in [5.74, 6) is 0.0315. The highest BCUT2D eigenvalue weighted by molar-refractivity contribution is 9.10. The Hall–Kier alpha value is -0.870. The molecule has 0 bridgehead atoms. The van der Waals surface area contributed by atoms with Crippen molar-refractivity contribution >= 4 is 21.8 Å². The van der Waals surface area contributed by atoms with Gasteiger partial charge in [-0.05, 0) is 49.9 Å². The van der Waals surface area contributed by atoms with Gasteiger partial charge in [0.2, 0.25) is 5.91 Å². The highest BCUT2D eigenvalue weighted by Gasteiger charge is 2.37. The Morgan fingerprint density at radius 2 is 2.25 bits per heavy atom. The molecule has 0 aromatic heterocycles. The standard InChI is InChI=1S/C16H23BrN2O/c1-11-9-13(17)7-6-12(11)10-19-15(20)14-5-3-4-8-16(14,2)18/h6-7,9,14H,3-5,8,10,18H2,1-2H3,(H,19,20). The molecule has 1 amide bonds. The number of rotatable bonds is 3. The second kappa shape index (κ2) is 6.27. The topological polar surface area (TPSA) is 55.1 Å². The molecule has 2 rings (SSSR count). The molecule has 2 atom stereocenters. The molecule has 3 nitrogen and oxygen atoms in total. The Labute approximate surface area is 129 Å². The van der Waals surface area contributed by atoms with Gasteiger partial charge in [-0.3, -0.25) is 4.79 Å². The Bertz CT molecular complexity index is 499. The molecule has 2 unspecified atom stereocenters. The van der Waals surface area contributed by atoms with Crippen LogP contribution in [0, 0.1) is 12.8 Å². The summed E-state index contributed by atoms with van der Waals surface area (Å²) in [6.07, 6.45) is 4.06. The molecule has 0 spiro atoms. The molecule has 4 heteroatoms. The zero-order chi connectivity index (χ0) is 14.8. The van der Waals surface area contributed by atoms with Gasteiger partial charge in [-0.15, -0.1) is 0 Å². The van der Waals surface area contributed by atoms with Gasteiger partial charge in [-0.25, -0.2) is 0 Å². The summed E-state index contributed by atoms with van der Waals surface area (Å²) in [6, 6.07) is 6.11. The molecule has 1 aliphatic carbocycles. The third-order valence-electron chi connectivity index (χ3n) is 4.33. The maximum atomic E-state index is 12.4. The van der Waals surface area contributed by atoms with Crippen LogP contribution in [0.5, 0.6) is 0 Å². The van der Waals surface area contributed by atoms with Crippen LogP contribution < -0.4 is 11.1 Å². The van der Waals surface area contributed by atoms with E-state index in [1.807, 2.05) is 19.1 Å². The number of halogens is 1. The van der Waals surface area contributed by atoms with Gasteiger partial charge in [-0.2, -0.15) is 0 Å². The third kappa shape index (κ3) is 3.61. The monoisotopic (exact) mass is 338 g/mol. The summed E-state index contributed by atoms with van der Waals surface area (Å²) in [6.45, 7) is 4.63. The van der Waals surface area contributed by atoms with E-state index >= 15 is 0 Å². The summed E-state index contributed by atoms with van der Waals surface area (Å²) in [7, 11) is 0. The van der Waals surface area contributed by atoms with E-state index in [2.05, 4.69) is 34.2 Å². The number of carbonyl (C=O) groups is 1. The second-order valence-electron chi connectivity index (χ2n) is 6.09. The quantitative estimate of drug-likeness (QED) is 0.888. The first-order chi connectivity index (χ1) is 9.40. The molecule has 20 heavy (non-hydrogen) atoms. The smallest absolute Gasteiger partial charge is 0.225 e. The lowest BCUT2D eigenvalue weighted by Crippen LogP contribution is -2.52. The fraction of sp³-hybridized carbons (Fsp3) is 0.562. The predicted molar refractivity (Wildman–Crippen MR) is 85.3 cm³/mol. The first-order valence-corrected chi connectivity index (χ1v) is 8.01. The van der Waals surface area contributed by atoms with Crippen molar-refractivity contribution in [3.63, 3.8) is 0 Å². The maximum Gasteiger partial charge on any atom is 0.225 e. The van der Waals surface area contributed by atoms with E-state index in [9.17, 15) is 4.79 Å². The van der Waals surface area contributed by atoms with Gasteiger partial charge in [-0.1, -0.05) is 34.8 Å². The lowest BCUT2D eigenvalue weighted by Gasteiger charge is -2.37. The summed E-state index contributed by atoms with van der Waals surface area (Å²) in [5.41, 5.74) is 8.24. The Morgan fingerprint density at radius 1 is 1.50 bits per heavy atom. The molecule has 3 N–H and O–H groups in total. The van der Waals surface area contributed by atoms with Crippen LogP contribution in [0.3, 0.4) is 0 Å². The van der Waals surface area contributed by atoms with Gasteiger partial charge < -0.3 is 11.1 Å². The molecule has 0 radical (unpaired) electrons. The van der Waals surface area contributed by atoms with Gasteiger partial charge in [0.1, 0.15) is 0 Å². The number of amides is 1. The molecule has 1 fully saturated rings. The lowest BCUT2D eigenvalue weighted by molar-refractivity contribution is -0.128. The molecule has 0 aliphatic heterocycles. The zero-order valence-corrected chi connectivity index (χ0v) is 13.8. The molecule has 0 saturated heterocycles. The average Bonchev–Trinajstić information content (AvgIpc) is 2.37. The van der Waals surface area contributed by atoms with Crippen molar-refractivity contribution in [3.05, 3.63) is 33.8 Å². The second-order valence-corrected chi connectivity index (χ2v) is 7.01. The van der Waals surface area contributed by atoms with Gasteiger partial charge >= 0.3 is 0 Å². The van der Waals surface area contributed by atoms with E-state index in [1.54, 1.807) is 0 Å². The van der Waals surface area contributed by atoms with E-state index in [4.69, 9.17) is 5.73 Å². The van der Waals surface area contributed by atoms with Gasteiger partial charge in [0.25, 0.3) is 0 Å². The van der Waals surface area contributed by atoms with E-state index in [-0.39, 0.29) is 17.4 Å². The zero-order valence-electron chi connectivity index (χ0n) is 12.2. The minimum atomic E-state index is -0.364. The van der Waals surface area contributed by atoms with Crippen molar-refractivity contribution in [1.82, 2.24) is 5.32 Å². The van der Waals surface area contributed by atoms with Crippen molar-refractivity contribution in [2.45, 2.75) is 51.6 Å². The molecular weight excluding hydrogens is 316 g/mol. The van der Waals surface area contributed by atoms with Crippen LogP contribution in [-0.4, -0.2) is 11.4 Å². The van der Waals surface area contributed by atoms with E-state index in [0.29, 0.717) is 6.54 Å². The summed E-state index contributed by atoms with van der Waals surface area (Å²) in [5, 5.41) is 3.05. The average molecular weight is 339 g/mol. The van der Waals surface area contributed by atoms with E-state index in [1.165, 1.54) is 5.56 Å². The molecule has 1 aliphatic rings. The molecule has 1 aromatic rings. The molecule has 0 heterocycles. The van der Waals surface area contributed by atoms with Crippen molar-refractivity contribution in [2.24, 2.45) is 11.7 Å². The number of benzene rings is 1. The van der Waals surface area contributed by atoms with Crippen LogP contribution in [-0.2, 0) is 11.3 Å². The Balaban J connectivity index is 1.98. The largest absolute Gasteiger partial charge is 0.352 e. The van der Waals surface area contributed by atoms with E-state index in [0.717, 1.165) is 35.7 Å². The highest BCUT2D eigenvalue weighted by Crippen LogP contribution is 2.31. The molecule has 110 valence electrons. The number of hydrogen-bond acceptors (Lipinski definition) is 2. The predicted octanol–water partition coefficient (Wildman–Crippen LogP) is 3.28. The lowest BCUT2D eigenvalue weighted by atomic mass is 9.74. The van der Waals surface area contributed by atoms with Crippen LogP contribution >= 0.6 is 15.9 Å². The summed E-state index contributed by atoms with van der Waals surface area (Å²) in [4.78, 5) is 12.4. The molecule has 1 saturated carbocycles. The Kier molecular flexibility index (Phi) is 4.86. The normalized spacial score (nSPS) is 26.3. The maximum absolute atomic E-state index is 12.4. The summed E-state index contributed by atoms with van der Waals surface area (Å²) >= 11 is 3.45. The fourth-order valence-electron chi connectivity index (χ4n) is 2.95. The van der Waals surface area contributed by atoms with Crippen LogP contribution in [0.2, 0.25) is 0 Å². The van der Waals surface area contributed by atoms with Crippen LogP contribution in [0.25, 0.3) is 0 Å². The highest BCUT2D eigenvalue weighted by atomic mass is 79.9. The van der Waals surface area contributed by atoms with Crippen molar-refractivity contribution in [2.75, 3.05) is 0 Å². The Morgan fingerprint density at radius 3 is 2.90 bits per heavy atom. The first kappa shape index (κ1) is 15.5. The van der Waals surface area contributed by atoms with Crippen LogP contribution in [0.4, 0.5) is 0 Å².